The molecule has 134 valence electrons. The molecule has 1 saturated heterocycles. The van der Waals surface area contributed by atoms with Crippen LogP contribution in [-0.4, -0.2) is 40.2 Å². The number of anilines is 1. The van der Waals surface area contributed by atoms with Crippen LogP contribution in [0.2, 0.25) is 5.02 Å². The van der Waals surface area contributed by atoms with E-state index in [-0.39, 0.29) is 34.5 Å². The van der Waals surface area contributed by atoms with Crippen LogP contribution in [-0.2, 0) is 20.3 Å². The van der Waals surface area contributed by atoms with Crippen LogP contribution < -0.4 is 10.6 Å². The molecule has 0 saturated carbocycles. The first kappa shape index (κ1) is 19.1. The van der Waals surface area contributed by atoms with Crippen molar-refractivity contribution in [3.05, 3.63) is 28.8 Å². The number of carbonyl (C=O) groups excluding carboxylic acids is 2. The van der Waals surface area contributed by atoms with Gasteiger partial charge in [0, 0.05) is 17.2 Å². The summed E-state index contributed by atoms with van der Waals surface area (Å²) < 4.78 is 4.09. The minimum atomic E-state index is -1.17. The molecule has 0 aromatic heterocycles. The Labute approximate surface area is 151 Å². The van der Waals surface area contributed by atoms with E-state index in [4.69, 9.17) is 16.7 Å². The van der Waals surface area contributed by atoms with Crippen molar-refractivity contribution in [3.8, 4) is 0 Å². The van der Waals surface area contributed by atoms with Crippen molar-refractivity contribution >= 4 is 51.5 Å². The van der Waals surface area contributed by atoms with Crippen LogP contribution in [0.4, 0.5) is 5.69 Å². The summed E-state index contributed by atoms with van der Waals surface area (Å²) in [6.07, 6.45) is 0.515. The highest BCUT2D eigenvalue weighted by Crippen LogP contribution is 2.21. The molecule has 1 aromatic rings. The molecule has 0 radical (unpaired) electrons. The van der Waals surface area contributed by atoms with Gasteiger partial charge in [0.15, 0.2) is 0 Å². The topological polar surface area (TPSA) is 120 Å². The van der Waals surface area contributed by atoms with Crippen LogP contribution in [0.5, 0.6) is 0 Å². The van der Waals surface area contributed by atoms with Crippen LogP contribution in [0.3, 0.4) is 0 Å². The van der Waals surface area contributed by atoms with Crippen LogP contribution in [0.25, 0.3) is 0 Å². The molecular weight excluding hydrogens is 368 g/mol. The number of amides is 2. The molecule has 0 spiro atoms. The van der Waals surface area contributed by atoms with Crippen molar-refractivity contribution in [3.63, 3.8) is 0 Å². The van der Waals surface area contributed by atoms with E-state index in [1.54, 1.807) is 6.92 Å². The quantitative estimate of drug-likeness (QED) is 0.513. The van der Waals surface area contributed by atoms with Crippen molar-refractivity contribution < 1.29 is 19.5 Å². The van der Waals surface area contributed by atoms with Crippen molar-refractivity contribution in [2.24, 2.45) is 9.57 Å². The Morgan fingerprint density at radius 2 is 2.16 bits per heavy atom. The van der Waals surface area contributed by atoms with E-state index in [0.29, 0.717) is 23.8 Å². The maximum Gasteiger partial charge on any atom is 0.337 e. The molecule has 1 atom stereocenters. The summed E-state index contributed by atoms with van der Waals surface area (Å²) in [4.78, 5) is 34.3. The van der Waals surface area contributed by atoms with Gasteiger partial charge in [-0.2, -0.15) is 5.10 Å². The number of nitrogens with zero attached hydrogens (tertiary/aromatic N) is 2. The maximum absolute atomic E-state index is 12.0. The monoisotopic (exact) mass is 384 g/mol. The van der Waals surface area contributed by atoms with Gasteiger partial charge in [-0.15, -0.1) is 4.47 Å². The maximum atomic E-state index is 12.0. The number of nitrogens with one attached hydrogen (secondary N) is 2. The third kappa shape index (κ3) is 5.95. The highest BCUT2D eigenvalue weighted by molar-refractivity contribution is 7.88. The van der Waals surface area contributed by atoms with Gasteiger partial charge in [0.1, 0.15) is 0 Å². The number of benzene rings is 1. The largest absolute Gasteiger partial charge is 0.478 e. The minimum absolute atomic E-state index is 0.0310. The third-order valence-corrected chi connectivity index (χ3v) is 4.88. The summed E-state index contributed by atoms with van der Waals surface area (Å²) in [6, 6.07) is 4.24. The number of rotatable bonds is 6. The second kappa shape index (κ2) is 8.72. The summed E-state index contributed by atoms with van der Waals surface area (Å²) in [5.41, 5.74) is 0.788. The summed E-state index contributed by atoms with van der Waals surface area (Å²) >= 11 is 5.77. The first-order valence-corrected chi connectivity index (χ1v) is 9.26. The molecule has 8 nitrogen and oxygen atoms in total. The fourth-order valence-electron chi connectivity index (χ4n) is 1.96. The fraction of sp³-hybridized carbons (Fsp3) is 0.333. The Hall–Kier alpha value is -2.26. The van der Waals surface area contributed by atoms with Gasteiger partial charge in [0.2, 0.25) is 11.8 Å². The zero-order valence-electron chi connectivity index (χ0n) is 13.4. The summed E-state index contributed by atoms with van der Waals surface area (Å²) in [6.45, 7) is 1.75. The van der Waals surface area contributed by atoms with Gasteiger partial charge in [0.25, 0.3) is 0 Å². The molecule has 1 heterocycles. The number of carbonyl (C=O) groups is 3. The SMILES string of the molecule is C/C(CCC(=O)Nc1ccc(Cl)cc1C(=O)O)=N\N=S1/CNC(=O)C1. The number of hydrogen-bond donors (Lipinski definition) is 3. The molecule has 2 amide bonds. The third-order valence-electron chi connectivity index (χ3n) is 3.26. The van der Waals surface area contributed by atoms with Crippen molar-refractivity contribution in [2.45, 2.75) is 19.8 Å². The second-order valence-electron chi connectivity index (χ2n) is 5.31. The van der Waals surface area contributed by atoms with E-state index in [9.17, 15) is 14.4 Å². The molecule has 3 N–H and O–H groups in total. The first-order chi connectivity index (χ1) is 11.8. The molecule has 1 aromatic carbocycles. The van der Waals surface area contributed by atoms with Gasteiger partial charge in [-0.05, 0) is 42.2 Å². The number of halogens is 1. The van der Waals surface area contributed by atoms with Crippen molar-refractivity contribution in [1.29, 1.82) is 0 Å². The van der Waals surface area contributed by atoms with Gasteiger partial charge in [0.05, 0.1) is 22.9 Å². The Morgan fingerprint density at radius 3 is 2.80 bits per heavy atom. The Kier molecular flexibility index (Phi) is 6.65. The standard InChI is InChI=1S/C15H17ClN4O4S/c1-9(19-20-25-7-14(22)17-8-25)2-5-13(21)18-12-4-3-10(16)6-11(12)15(23)24/h3-4,6H,2,5,7-8H2,1H3,(H,17,22)(H,18,21)(H,23,24)/b19-9+. The number of hydrogen-bond acceptors (Lipinski definition) is 4. The van der Waals surface area contributed by atoms with Crippen LogP contribution >= 0.6 is 11.6 Å². The predicted molar refractivity (Wildman–Crippen MR) is 97.1 cm³/mol. The van der Waals surface area contributed by atoms with Crippen LogP contribution in [0.15, 0.2) is 27.8 Å². The summed E-state index contributed by atoms with van der Waals surface area (Å²) in [5, 5.41) is 18.7. The van der Waals surface area contributed by atoms with Gasteiger partial charge < -0.3 is 15.7 Å². The highest BCUT2D eigenvalue weighted by Gasteiger charge is 2.15. The molecule has 10 heteroatoms. The fourth-order valence-corrected chi connectivity index (χ4v) is 3.34. The average molecular weight is 385 g/mol. The number of aromatic carboxylic acids is 1. The number of carboxylic acids is 1. The first-order valence-electron chi connectivity index (χ1n) is 7.36. The molecule has 2 rings (SSSR count). The summed E-state index contributed by atoms with van der Waals surface area (Å²) in [5.74, 6) is -0.678. The predicted octanol–water partition coefficient (Wildman–Crippen LogP) is 2.02. The Morgan fingerprint density at radius 1 is 1.40 bits per heavy atom. The number of carboxylic acid groups (broad SMARTS) is 1. The van der Waals surface area contributed by atoms with Gasteiger partial charge in [-0.1, -0.05) is 11.6 Å². The van der Waals surface area contributed by atoms with E-state index in [1.165, 1.54) is 18.2 Å². The lowest BCUT2D eigenvalue weighted by molar-refractivity contribution is -0.118. The smallest absolute Gasteiger partial charge is 0.337 e. The average Bonchev–Trinajstić information content (AvgIpc) is 2.98. The van der Waals surface area contributed by atoms with Crippen LogP contribution in [0.1, 0.15) is 30.1 Å². The van der Waals surface area contributed by atoms with E-state index < -0.39 is 16.7 Å². The molecule has 0 bridgehead atoms. The molecule has 0 aliphatic carbocycles. The van der Waals surface area contributed by atoms with E-state index in [0.717, 1.165) is 0 Å². The zero-order valence-corrected chi connectivity index (χ0v) is 15.0. The molecule has 1 aliphatic heterocycles. The molecule has 1 aliphatic rings. The molecule has 1 fully saturated rings. The van der Waals surface area contributed by atoms with E-state index in [2.05, 4.69) is 20.2 Å². The van der Waals surface area contributed by atoms with Gasteiger partial charge in [-0.3, -0.25) is 9.59 Å². The van der Waals surface area contributed by atoms with Crippen molar-refractivity contribution in [1.82, 2.24) is 5.32 Å². The lowest BCUT2D eigenvalue weighted by atomic mass is 10.1. The lowest BCUT2D eigenvalue weighted by Crippen LogP contribution is -2.15. The second-order valence-corrected chi connectivity index (χ2v) is 7.41. The van der Waals surface area contributed by atoms with Gasteiger partial charge in [-0.25, -0.2) is 4.79 Å². The molecular formula is C15H17ClN4O4S. The van der Waals surface area contributed by atoms with Gasteiger partial charge >= 0.3 is 5.97 Å². The van der Waals surface area contributed by atoms with E-state index in [1.807, 2.05) is 0 Å². The Balaban J connectivity index is 1.90. The van der Waals surface area contributed by atoms with Crippen LogP contribution in [0, 0.1) is 0 Å². The van der Waals surface area contributed by atoms with Crippen molar-refractivity contribution in [2.75, 3.05) is 16.9 Å². The minimum Gasteiger partial charge on any atom is -0.478 e. The Bertz CT molecular complexity index is 779. The van der Waals surface area contributed by atoms with E-state index >= 15 is 0 Å². The lowest BCUT2D eigenvalue weighted by Gasteiger charge is -2.08. The highest BCUT2D eigenvalue weighted by atomic mass is 35.5. The zero-order chi connectivity index (χ0) is 18.4. The summed E-state index contributed by atoms with van der Waals surface area (Å²) in [7, 11) is -0.436. The normalized spacial score (nSPS) is 17.4. The molecule has 25 heavy (non-hydrogen) atoms. The molecule has 1 unspecified atom stereocenters.